The maximum Gasteiger partial charge on any atom is 0.269 e. The molecule has 0 bridgehead atoms. The van der Waals surface area contributed by atoms with Crippen molar-refractivity contribution in [3.05, 3.63) is 29.9 Å². The van der Waals surface area contributed by atoms with E-state index in [2.05, 4.69) is 37.3 Å². The molecule has 1 aliphatic rings. The van der Waals surface area contributed by atoms with Crippen molar-refractivity contribution in [2.45, 2.75) is 31.7 Å². The third-order valence-corrected chi connectivity index (χ3v) is 4.43. The van der Waals surface area contributed by atoms with Gasteiger partial charge < -0.3 is 15.2 Å². The van der Waals surface area contributed by atoms with E-state index in [9.17, 15) is 4.79 Å². The van der Waals surface area contributed by atoms with Crippen molar-refractivity contribution in [3.8, 4) is 0 Å². The largest absolute Gasteiger partial charge is 0.341 e. The lowest BCUT2D eigenvalue weighted by Gasteiger charge is -2.27. The molecular formula is C15H23N7O. The maximum absolute atomic E-state index is 12.4. The minimum atomic E-state index is -0.218. The van der Waals surface area contributed by atoms with E-state index in [0.29, 0.717) is 17.4 Å². The Balaban J connectivity index is 1.63. The quantitative estimate of drug-likeness (QED) is 0.872. The van der Waals surface area contributed by atoms with Crippen LogP contribution in [0.25, 0.3) is 0 Å². The van der Waals surface area contributed by atoms with Crippen LogP contribution >= 0.6 is 0 Å². The smallest absolute Gasteiger partial charge is 0.269 e. The van der Waals surface area contributed by atoms with Gasteiger partial charge in [-0.3, -0.25) is 9.48 Å². The molecule has 2 aromatic rings. The monoisotopic (exact) mass is 317 g/mol. The van der Waals surface area contributed by atoms with Gasteiger partial charge >= 0.3 is 0 Å². The van der Waals surface area contributed by atoms with Gasteiger partial charge in [-0.25, -0.2) is 9.97 Å². The molecule has 0 aliphatic carbocycles. The first-order valence-corrected chi connectivity index (χ1v) is 7.92. The van der Waals surface area contributed by atoms with Gasteiger partial charge in [0.25, 0.3) is 5.91 Å². The maximum atomic E-state index is 12.4. The van der Waals surface area contributed by atoms with Crippen LogP contribution in [0.1, 0.15) is 53.9 Å². The fourth-order valence-corrected chi connectivity index (χ4v) is 2.98. The van der Waals surface area contributed by atoms with Crippen LogP contribution in [0.5, 0.6) is 0 Å². The van der Waals surface area contributed by atoms with Gasteiger partial charge in [0.2, 0.25) is 0 Å². The average Bonchev–Trinajstić information content (AvgIpc) is 3.17. The Morgan fingerprint density at radius 3 is 2.74 bits per heavy atom. The third-order valence-electron chi connectivity index (χ3n) is 4.43. The highest BCUT2D eigenvalue weighted by atomic mass is 16.2. The lowest BCUT2D eigenvalue weighted by Crippen LogP contribution is -2.30. The van der Waals surface area contributed by atoms with Crippen molar-refractivity contribution in [2.75, 3.05) is 20.1 Å². The molecule has 2 aromatic heterocycles. The first-order valence-electron chi connectivity index (χ1n) is 7.92. The Morgan fingerprint density at radius 1 is 1.35 bits per heavy atom. The van der Waals surface area contributed by atoms with E-state index >= 15 is 0 Å². The summed E-state index contributed by atoms with van der Waals surface area (Å²) in [5.74, 6) is 1.86. The molecule has 3 heterocycles. The van der Waals surface area contributed by atoms with E-state index in [1.807, 2.05) is 6.92 Å². The minimum Gasteiger partial charge on any atom is -0.341 e. The number of piperidine rings is 1. The van der Waals surface area contributed by atoms with Crippen molar-refractivity contribution < 1.29 is 4.79 Å². The molecule has 0 radical (unpaired) electrons. The van der Waals surface area contributed by atoms with Crippen molar-refractivity contribution in [3.63, 3.8) is 0 Å². The van der Waals surface area contributed by atoms with Gasteiger partial charge in [-0.05, 0) is 39.9 Å². The van der Waals surface area contributed by atoms with Gasteiger partial charge in [-0.2, -0.15) is 5.10 Å². The lowest BCUT2D eigenvalue weighted by molar-refractivity contribution is 0.0933. The first kappa shape index (κ1) is 15.7. The molecular weight excluding hydrogens is 294 g/mol. The number of nitrogens with zero attached hydrogens (tertiary/aromatic N) is 5. The molecule has 2 N–H and O–H groups in total. The summed E-state index contributed by atoms with van der Waals surface area (Å²) in [6.07, 6.45) is 5.24. The number of aryl methyl sites for hydroxylation is 1. The molecule has 8 nitrogen and oxygen atoms in total. The Labute approximate surface area is 135 Å². The number of aromatic nitrogens is 5. The van der Waals surface area contributed by atoms with Gasteiger partial charge in [-0.1, -0.05) is 0 Å². The topological polar surface area (TPSA) is 91.7 Å². The molecule has 0 spiro atoms. The number of hydrogen-bond acceptors (Lipinski definition) is 5. The predicted octanol–water partition coefficient (Wildman–Crippen LogP) is 0.838. The highest BCUT2D eigenvalue weighted by Crippen LogP contribution is 2.25. The molecule has 1 aliphatic heterocycles. The highest BCUT2D eigenvalue weighted by molar-refractivity contribution is 5.92. The van der Waals surface area contributed by atoms with Crippen LogP contribution in [0.4, 0.5) is 0 Å². The van der Waals surface area contributed by atoms with Crippen LogP contribution in [-0.4, -0.2) is 55.7 Å². The summed E-state index contributed by atoms with van der Waals surface area (Å²) >= 11 is 0. The number of rotatable bonds is 4. The fourth-order valence-electron chi connectivity index (χ4n) is 2.98. The van der Waals surface area contributed by atoms with Gasteiger partial charge in [0.05, 0.1) is 12.2 Å². The van der Waals surface area contributed by atoms with E-state index < -0.39 is 0 Å². The van der Waals surface area contributed by atoms with Gasteiger partial charge in [0.15, 0.2) is 0 Å². The number of H-pyrrole nitrogens is 1. The second-order valence-corrected chi connectivity index (χ2v) is 6.20. The highest BCUT2D eigenvalue weighted by Gasteiger charge is 2.22. The molecule has 3 rings (SSSR count). The van der Waals surface area contributed by atoms with Crippen molar-refractivity contribution in [2.24, 2.45) is 7.05 Å². The molecule has 1 fully saturated rings. The van der Waals surface area contributed by atoms with Crippen LogP contribution in [-0.2, 0) is 7.05 Å². The lowest BCUT2D eigenvalue weighted by atomic mass is 9.97. The van der Waals surface area contributed by atoms with Crippen LogP contribution in [0.2, 0.25) is 0 Å². The Kier molecular flexibility index (Phi) is 4.42. The summed E-state index contributed by atoms with van der Waals surface area (Å²) in [4.78, 5) is 26.4. The molecule has 1 saturated heterocycles. The summed E-state index contributed by atoms with van der Waals surface area (Å²) < 4.78 is 1.65. The van der Waals surface area contributed by atoms with Crippen molar-refractivity contribution >= 4 is 5.91 Å². The predicted molar refractivity (Wildman–Crippen MR) is 84.9 cm³/mol. The number of amides is 1. The van der Waals surface area contributed by atoms with Gasteiger partial charge in [-0.15, -0.1) is 0 Å². The van der Waals surface area contributed by atoms with Crippen LogP contribution < -0.4 is 5.32 Å². The minimum absolute atomic E-state index is 0.174. The standard InChI is InChI=1S/C15H23N7O/c1-10(14-17-9-18-22(14)3)19-15(23)12-8-16-13(20-12)11-4-6-21(2)7-5-11/h8-11H,4-7H2,1-3H3,(H,16,20)(H,19,23). The van der Waals surface area contributed by atoms with Crippen LogP contribution in [0, 0.1) is 0 Å². The molecule has 1 unspecified atom stereocenters. The molecule has 0 saturated carbocycles. The molecule has 0 aromatic carbocycles. The van der Waals surface area contributed by atoms with Crippen molar-refractivity contribution in [1.82, 2.24) is 34.9 Å². The zero-order valence-corrected chi connectivity index (χ0v) is 13.8. The van der Waals surface area contributed by atoms with Gasteiger partial charge in [0, 0.05) is 13.0 Å². The number of carbonyl (C=O) groups excluding carboxylic acids is 1. The first-order chi connectivity index (χ1) is 11.0. The number of likely N-dealkylation sites (tertiary alicyclic amines) is 1. The number of hydrogen-bond donors (Lipinski definition) is 2. The molecule has 1 amide bonds. The van der Waals surface area contributed by atoms with E-state index in [-0.39, 0.29) is 11.9 Å². The molecule has 23 heavy (non-hydrogen) atoms. The van der Waals surface area contributed by atoms with E-state index in [4.69, 9.17) is 0 Å². The van der Waals surface area contributed by atoms with E-state index in [1.165, 1.54) is 6.33 Å². The summed E-state index contributed by atoms with van der Waals surface area (Å²) in [5, 5.41) is 6.94. The Morgan fingerprint density at radius 2 is 2.09 bits per heavy atom. The summed E-state index contributed by atoms with van der Waals surface area (Å²) in [5.41, 5.74) is 0.493. The van der Waals surface area contributed by atoms with Crippen LogP contribution in [0.3, 0.4) is 0 Å². The SMILES string of the molecule is CC(NC(=O)c1cnc(C2CCN(C)CC2)[nH]1)c1ncnn1C. The summed E-state index contributed by atoms with van der Waals surface area (Å²) in [7, 11) is 3.93. The fraction of sp³-hybridized carbons (Fsp3) is 0.600. The normalized spacial score (nSPS) is 18.0. The van der Waals surface area contributed by atoms with Gasteiger partial charge in [0.1, 0.15) is 23.7 Å². The summed E-state index contributed by atoms with van der Waals surface area (Å²) in [6.45, 7) is 4.02. The zero-order chi connectivity index (χ0) is 16.4. The Hall–Kier alpha value is -2.22. The average molecular weight is 317 g/mol. The second-order valence-electron chi connectivity index (χ2n) is 6.20. The zero-order valence-electron chi connectivity index (χ0n) is 13.8. The number of imidazole rings is 1. The second kappa shape index (κ2) is 6.49. The number of nitrogens with one attached hydrogen (secondary N) is 2. The Bertz CT molecular complexity index is 669. The van der Waals surface area contributed by atoms with Crippen LogP contribution in [0.15, 0.2) is 12.5 Å². The number of aromatic amines is 1. The number of carbonyl (C=O) groups is 1. The molecule has 8 heteroatoms. The molecule has 1 atom stereocenters. The summed E-state index contributed by atoms with van der Waals surface area (Å²) in [6, 6.07) is -0.218. The third kappa shape index (κ3) is 3.42. The van der Waals surface area contributed by atoms with E-state index in [1.54, 1.807) is 17.9 Å². The van der Waals surface area contributed by atoms with Crippen molar-refractivity contribution in [1.29, 1.82) is 0 Å². The van der Waals surface area contributed by atoms with E-state index in [0.717, 1.165) is 31.8 Å². The molecule has 124 valence electrons.